The summed E-state index contributed by atoms with van der Waals surface area (Å²) in [6.07, 6.45) is 1.53. The third-order valence-electron chi connectivity index (χ3n) is 3.95. The monoisotopic (exact) mass is 486 g/mol. The van der Waals surface area contributed by atoms with Crippen LogP contribution in [0.15, 0.2) is 70.1 Å². The van der Waals surface area contributed by atoms with Gasteiger partial charge in [-0.2, -0.15) is 0 Å². The number of halogens is 1. The van der Waals surface area contributed by atoms with Crippen molar-refractivity contribution in [2.45, 2.75) is 0 Å². The first-order valence-corrected chi connectivity index (χ1v) is 9.22. The highest BCUT2D eigenvalue weighted by Gasteiger charge is 2.21. The van der Waals surface area contributed by atoms with Gasteiger partial charge in [-0.3, -0.25) is 35.3 Å². The summed E-state index contributed by atoms with van der Waals surface area (Å²) in [6, 6.07) is 13.7. The van der Waals surface area contributed by atoms with Crippen LogP contribution in [0.4, 0.5) is 22.7 Å². The van der Waals surface area contributed by atoms with Crippen molar-refractivity contribution in [1.29, 1.82) is 0 Å². The lowest BCUT2D eigenvalue weighted by Crippen LogP contribution is -1.96. The van der Waals surface area contributed by atoms with E-state index in [1.54, 1.807) is 18.2 Å². The first kappa shape index (κ1) is 21.5. The third-order valence-corrected chi connectivity index (χ3v) is 4.57. The summed E-state index contributed by atoms with van der Waals surface area (Å²) in [5, 5.41) is 32.8. The van der Waals surface area contributed by atoms with E-state index in [0.29, 0.717) is 15.7 Å². The molecule has 0 saturated heterocycles. The molecule has 0 atom stereocenters. The van der Waals surface area contributed by atoms with Gasteiger partial charge < -0.3 is 4.74 Å². The van der Waals surface area contributed by atoms with E-state index in [2.05, 4.69) is 20.9 Å². The second-order valence-electron chi connectivity index (χ2n) is 5.99. The molecule has 0 spiro atoms. The molecule has 0 heterocycles. The number of hydrogen-bond donors (Lipinski definition) is 0. The standard InChI is InChI=1S/C19H11BrN4O7/c20-16-9-12(11-21-13-2-4-14(5-3-13)22(25)26)1-7-18(16)31-19-8-6-15(23(27)28)10-17(19)24(29)30/h1-11H. The van der Waals surface area contributed by atoms with E-state index in [1.165, 1.54) is 30.5 Å². The lowest BCUT2D eigenvalue weighted by molar-refractivity contribution is -0.394. The smallest absolute Gasteiger partial charge is 0.318 e. The molecule has 0 saturated carbocycles. The first-order valence-electron chi connectivity index (χ1n) is 8.43. The van der Waals surface area contributed by atoms with E-state index in [9.17, 15) is 30.3 Å². The van der Waals surface area contributed by atoms with Gasteiger partial charge in [0, 0.05) is 24.4 Å². The quantitative estimate of drug-likeness (QED) is 0.235. The summed E-state index contributed by atoms with van der Waals surface area (Å²) in [7, 11) is 0. The minimum Gasteiger partial charge on any atom is -0.449 e. The van der Waals surface area contributed by atoms with Crippen LogP contribution in [0.3, 0.4) is 0 Å². The second-order valence-corrected chi connectivity index (χ2v) is 6.84. The number of rotatable bonds is 7. The van der Waals surface area contributed by atoms with Crippen LogP contribution in [-0.4, -0.2) is 21.0 Å². The molecule has 3 aromatic carbocycles. The zero-order valence-corrected chi connectivity index (χ0v) is 17.0. The summed E-state index contributed by atoms with van der Waals surface area (Å²) < 4.78 is 6.04. The predicted octanol–water partition coefficient (Wildman–Crippen LogP) is 5.72. The summed E-state index contributed by atoms with van der Waals surface area (Å²) in [5.41, 5.74) is 0.184. The minimum absolute atomic E-state index is 0.0384. The Kier molecular flexibility index (Phi) is 6.31. The Morgan fingerprint density at radius 1 is 0.774 bits per heavy atom. The maximum atomic E-state index is 11.2. The molecule has 31 heavy (non-hydrogen) atoms. The van der Waals surface area contributed by atoms with Crippen LogP contribution in [0.1, 0.15) is 5.56 Å². The number of nitro benzene ring substituents is 3. The van der Waals surface area contributed by atoms with Gasteiger partial charge in [-0.25, -0.2) is 0 Å². The Hall–Kier alpha value is -4.19. The van der Waals surface area contributed by atoms with Crippen LogP contribution in [0.5, 0.6) is 11.5 Å². The van der Waals surface area contributed by atoms with E-state index >= 15 is 0 Å². The number of ether oxygens (including phenoxy) is 1. The van der Waals surface area contributed by atoms with Gasteiger partial charge in [0.2, 0.25) is 5.75 Å². The summed E-state index contributed by atoms with van der Waals surface area (Å²) in [5.74, 6) is 0.105. The molecular weight excluding hydrogens is 476 g/mol. The fourth-order valence-corrected chi connectivity index (χ4v) is 2.93. The van der Waals surface area contributed by atoms with Crippen molar-refractivity contribution in [3.05, 3.63) is 101 Å². The Labute approximate surface area is 182 Å². The minimum atomic E-state index is -0.762. The number of benzene rings is 3. The number of aliphatic imine (C=N–C) groups is 1. The average molecular weight is 487 g/mol. The van der Waals surface area contributed by atoms with Crippen molar-refractivity contribution >= 4 is 44.9 Å². The van der Waals surface area contributed by atoms with Crippen LogP contribution >= 0.6 is 15.9 Å². The van der Waals surface area contributed by atoms with Crippen molar-refractivity contribution in [2.24, 2.45) is 4.99 Å². The molecule has 0 aliphatic rings. The molecule has 3 aromatic rings. The molecule has 12 heteroatoms. The first-order chi connectivity index (χ1) is 14.7. The molecule has 0 aromatic heterocycles. The van der Waals surface area contributed by atoms with Gasteiger partial charge in [-0.1, -0.05) is 0 Å². The van der Waals surface area contributed by atoms with Gasteiger partial charge in [0.05, 0.1) is 31.0 Å². The number of hydrogen-bond acceptors (Lipinski definition) is 8. The molecule has 156 valence electrons. The molecule has 0 N–H and O–H groups in total. The van der Waals surface area contributed by atoms with Crippen molar-refractivity contribution in [1.82, 2.24) is 0 Å². The van der Waals surface area contributed by atoms with Crippen molar-refractivity contribution in [2.75, 3.05) is 0 Å². The molecule has 11 nitrogen and oxygen atoms in total. The van der Waals surface area contributed by atoms with Gasteiger partial charge in [0.25, 0.3) is 11.4 Å². The molecule has 0 amide bonds. The third kappa shape index (κ3) is 5.25. The summed E-state index contributed by atoms with van der Waals surface area (Å²) >= 11 is 3.32. The lowest BCUT2D eigenvalue weighted by Gasteiger charge is -2.08. The van der Waals surface area contributed by atoms with Crippen LogP contribution in [0, 0.1) is 30.3 Å². The predicted molar refractivity (Wildman–Crippen MR) is 114 cm³/mol. The molecule has 3 rings (SSSR count). The zero-order valence-electron chi connectivity index (χ0n) is 15.4. The molecule has 0 bridgehead atoms. The highest BCUT2D eigenvalue weighted by atomic mass is 79.9. The normalized spacial score (nSPS) is 10.7. The Bertz CT molecular complexity index is 1210. The van der Waals surface area contributed by atoms with Gasteiger partial charge in [-0.05, 0) is 57.9 Å². The van der Waals surface area contributed by atoms with Crippen LogP contribution < -0.4 is 4.74 Å². The van der Waals surface area contributed by atoms with E-state index in [0.717, 1.165) is 18.2 Å². The Balaban J connectivity index is 1.80. The molecule has 0 unspecified atom stereocenters. The van der Waals surface area contributed by atoms with E-state index in [-0.39, 0.29) is 17.2 Å². The Morgan fingerprint density at radius 3 is 1.97 bits per heavy atom. The molecule has 0 aliphatic carbocycles. The van der Waals surface area contributed by atoms with Gasteiger partial charge >= 0.3 is 5.69 Å². The number of non-ortho nitro benzene ring substituents is 2. The summed E-state index contributed by atoms with van der Waals surface area (Å²) in [4.78, 5) is 35.0. The highest BCUT2D eigenvalue weighted by molar-refractivity contribution is 9.10. The van der Waals surface area contributed by atoms with Crippen LogP contribution in [0.2, 0.25) is 0 Å². The highest BCUT2D eigenvalue weighted by Crippen LogP contribution is 2.37. The summed E-state index contributed by atoms with van der Waals surface area (Å²) in [6.45, 7) is 0. The fourth-order valence-electron chi connectivity index (χ4n) is 2.46. The van der Waals surface area contributed by atoms with Crippen LogP contribution in [0.25, 0.3) is 0 Å². The largest absolute Gasteiger partial charge is 0.449 e. The molecule has 0 radical (unpaired) electrons. The van der Waals surface area contributed by atoms with Crippen molar-refractivity contribution < 1.29 is 19.5 Å². The topological polar surface area (TPSA) is 151 Å². The Morgan fingerprint density at radius 2 is 1.39 bits per heavy atom. The second kappa shape index (κ2) is 9.09. The molecular formula is C19H11BrN4O7. The number of nitrogens with zero attached hydrogens (tertiary/aromatic N) is 4. The van der Waals surface area contributed by atoms with E-state index < -0.39 is 26.1 Å². The van der Waals surface area contributed by atoms with Crippen LogP contribution in [-0.2, 0) is 0 Å². The van der Waals surface area contributed by atoms with Crippen molar-refractivity contribution in [3.8, 4) is 11.5 Å². The maximum absolute atomic E-state index is 11.2. The lowest BCUT2D eigenvalue weighted by atomic mass is 10.2. The van der Waals surface area contributed by atoms with E-state index in [4.69, 9.17) is 4.74 Å². The number of nitro groups is 3. The van der Waals surface area contributed by atoms with E-state index in [1.807, 2.05) is 0 Å². The SMILES string of the molecule is O=[N+]([O-])c1ccc(N=Cc2ccc(Oc3ccc([N+](=O)[O-])cc3[N+](=O)[O-])c(Br)c2)cc1. The van der Waals surface area contributed by atoms with Gasteiger partial charge in [-0.15, -0.1) is 0 Å². The molecule has 0 fully saturated rings. The average Bonchev–Trinajstić information content (AvgIpc) is 2.74. The van der Waals surface area contributed by atoms with Gasteiger partial charge in [0.15, 0.2) is 0 Å². The van der Waals surface area contributed by atoms with Crippen molar-refractivity contribution in [3.63, 3.8) is 0 Å². The maximum Gasteiger partial charge on any atom is 0.318 e. The molecule has 0 aliphatic heterocycles. The fraction of sp³-hybridized carbons (Fsp3) is 0. The van der Waals surface area contributed by atoms with Gasteiger partial charge in [0.1, 0.15) is 5.75 Å². The zero-order chi connectivity index (χ0) is 22.5.